The van der Waals surface area contributed by atoms with E-state index in [1.165, 1.54) is 11.1 Å². The third-order valence-electron chi connectivity index (χ3n) is 3.60. The Morgan fingerprint density at radius 1 is 1.41 bits per heavy atom. The van der Waals surface area contributed by atoms with E-state index < -0.39 is 0 Å². The van der Waals surface area contributed by atoms with Crippen molar-refractivity contribution in [3.05, 3.63) is 35.4 Å². The van der Waals surface area contributed by atoms with E-state index in [2.05, 4.69) is 53.8 Å². The maximum absolute atomic E-state index is 3.56. The molecule has 0 amide bonds. The highest BCUT2D eigenvalue weighted by atomic mass is 15.2. The summed E-state index contributed by atoms with van der Waals surface area (Å²) in [5.74, 6) is 0. The minimum Gasteiger partial charge on any atom is -0.314 e. The standard InChI is InChI=1S/C14H23N3/c1-12-5-3-4-6-13(12)9-16-11-14-10-15-7-8-17(14)2/h3-6,14-16H,7-11H2,1-2H3. The van der Waals surface area contributed by atoms with Gasteiger partial charge in [-0.15, -0.1) is 0 Å². The number of aryl methyl sites for hydroxylation is 1. The molecule has 1 aromatic rings. The number of likely N-dealkylation sites (N-methyl/N-ethyl adjacent to an activating group) is 1. The molecule has 3 heteroatoms. The van der Waals surface area contributed by atoms with Crippen LogP contribution < -0.4 is 10.6 Å². The number of hydrogen-bond acceptors (Lipinski definition) is 3. The zero-order valence-electron chi connectivity index (χ0n) is 10.9. The Labute approximate surface area is 104 Å². The van der Waals surface area contributed by atoms with Crippen molar-refractivity contribution in [2.24, 2.45) is 0 Å². The van der Waals surface area contributed by atoms with Gasteiger partial charge in [0.05, 0.1) is 0 Å². The largest absolute Gasteiger partial charge is 0.314 e. The van der Waals surface area contributed by atoms with E-state index in [9.17, 15) is 0 Å². The van der Waals surface area contributed by atoms with Gasteiger partial charge >= 0.3 is 0 Å². The van der Waals surface area contributed by atoms with Crippen LogP contribution >= 0.6 is 0 Å². The molecular weight excluding hydrogens is 210 g/mol. The number of piperazine rings is 1. The third kappa shape index (κ3) is 3.53. The van der Waals surface area contributed by atoms with Crippen LogP contribution in [-0.4, -0.2) is 44.2 Å². The Balaban J connectivity index is 1.77. The predicted octanol–water partition coefficient (Wildman–Crippen LogP) is 0.988. The first kappa shape index (κ1) is 12.6. The molecule has 2 N–H and O–H groups in total. The molecule has 1 aliphatic heterocycles. The Hall–Kier alpha value is -0.900. The van der Waals surface area contributed by atoms with E-state index in [4.69, 9.17) is 0 Å². The van der Waals surface area contributed by atoms with Gasteiger partial charge in [-0.05, 0) is 25.1 Å². The number of rotatable bonds is 4. The first-order valence-electron chi connectivity index (χ1n) is 6.43. The van der Waals surface area contributed by atoms with E-state index in [1.54, 1.807) is 0 Å². The van der Waals surface area contributed by atoms with Gasteiger partial charge < -0.3 is 10.6 Å². The molecule has 94 valence electrons. The van der Waals surface area contributed by atoms with E-state index >= 15 is 0 Å². The second kappa shape index (κ2) is 6.15. The fourth-order valence-corrected chi connectivity index (χ4v) is 2.27. The molecule has 3 nitrogen and oxygen atoms in total. The van der Waals surface area contributed by atoms with Gasteiger partial charge in [0.25, 0.3) is 0 Å². The lowest BCUT2D eigenvalue weighted by Crippen LogP contribution is -2.53. The van der Waals surface area contributed by atoms with E-state index in [0.29, 0.717) is 6.04 Å². The SMILES string of the molecule is Cc1ccccc1CNCC1CNCCN1C. The number of hydrogen-bond donors (Lipinski definition) is 2. The quantitative estimate of drug-likeness (QED) is 0.812. The van der Waals surface area contributed by atoms with Crippen LogP contribution in [0.3, 0.4) is 0 Å². The minimum absolute atomic E-state index is 0.618. The highest BCUT2D eigenvalue weighted by Crippen LogP contribution is 2.06. The highest BCUT2D eigenvalue weighted by Gasteiger charge is 2.17. The molecule has 0 aliphatic carbocycles. The fourth-order valence-electron chi connectivity index (χ4n) is 2.27. The summed E-state index contributed by atoms with van der Waals surface area (Å²) in [7, 11) is 2.21. The Morgan fingerprint density at radius 2 is 2.24 bits per heavy atom. The van der Waals surface area contributed by atoms with Gasteiger partial charge in [0.2, 0.25) is 0 Å². The van der Waals surface area contributed by atoms with Gasteiger partial charge in [-0.3, -0.25) is 4.90 Å². The molecule has 1 atom stereocenters. The Kier molecular flexibility index (Phi) is 4.54. The van der Waals surface area contributed by atoms with E-state index in [1.807, 2.05) is 0 Å². The summed E-state index contributed by atoms with van der Waals surface area (Å²) in [6.07, 6.45) is 0. The normalized spacial score (nSPS) is 21.6. The average Bonchev–Trinajstić information content (AvgIpc) is 2.34. The van der Waals surface area contributed by atoms with Crippen LogP contribution in [0.5, 0.6) is 0 Å². The fraction of sp³-hybridized carbons (Fsp3) is 0.571. The van der Waals surface area contributed by atoms with Crippen LogP contribution in [0.25, 0.3) is 0 Å². The molecule has 1 aromatic carbocycles. The van der Waals surface area contributed by atoms with Crippen LogP contribution in [0.1, 0.15) is 11.1 Å². The molecule has 1 heterocycles. The van der Waals surface area contributed by atoms with Gasteiger partial charge in [0.1, 0.15) is 0 Å². The molecule has 2 rings (SSSR count). The summed E-state index contributed by atoms with van der Waals surface area (Å²) in [6.45, 7) is 7.55. The molecule has 1 unspecified atom stereocenters. The van der Waals surface area contributed by atoms with Crippen molar-refractivity contribution >= 4 is 0 Å². The minimum atomic E-state index is 0.618. The monoisotopic (exact) mass is 233 g/mol. The van der Waals surface area contributed by atoms with Crippen LogP contribution in [0.15, 0.2) is 24.3 Å². The molecule has 0 saturated carbocycles. The van der Waals surface area contributed by atoms with Crippen LogP contribution in [0.2, 0.25) is 0 Å². The number of nitrogens with one attached hydrogen (secondary N) is 2. The van der Waals surface area contributed by atoms with Crippen molar-refractivity contribution in [1.82, 2.24) is 15.5 Å². The maximum atomic E-state index is 3.56. The summed E-state index contributed by atoms with van der Waals surface area (Å²) < 4.78 is 0. The molecule has 0 aromatic heterocycles. The van der Waals surface area contributed by atoms with Gasteiger partial charge in [0, 0.05) is 38.8 Å². The third-order valence-corrected chi connectivity index (χ3v) is 3.60. The van der Waals surface area contributed by atoms with Crippen molar-refractivity contribution < 1.29 is 0 Å². The van der Waals surface area contributed by atoms with Crippen molar-refractivity contribution in [2.45, 2.75) is 19.5 Å². The summed E-state index contributed by atoms with van der Waals surface area (Å²) in [5.41, 5.74) is 2.77. The van der Waals surface area contributed by atoms with Crippen LogP contribution in [-0.2, 0) is 6.54 Å². The van der Waals surface area contributed by atoms with Crippen molar-refractivity contribution in [1.29, 1.82) is 0 Å². The predicted molar refractivity (Wildman–Crippen MR) is 72.2 cm³/mol. The molecule has 1 aliphatic rings. The summed E-state index contributed by atoms with van der Waals surface area (Å²) in [5, 5.41) is 7.00. The van der Waals surface area contributed by atoms with Gasteiger partial charge in [-0.25, -0.2) is 0 Å². The molecule has 0 spiro atoms. The summed E-state index contributed by atoms with van der Waals surface area (Å²) >= 11 is 0. The van der Waals surface area contributed by atoms with Gasteiger partial charge in [0.15, 0.2) is 0 Å². The van der Waals surface area contributed by atoms with Gasteiger partial charge in [-0.2, -0.15) is 0 Å². The lowest BCUT2D eigenvalue weighted by Gasteiger charge is -2.33. The van der Waals surface area contributed by atoms with E-state index in [0.717, 1.165) is 32.7 Å². The molecule has 1 saturated heterocycles. The molecule has 1 fully saturated rings. The zero-order chi connectivity index (χ0) is 12.1. The Bertz CT molecular complexity index is 351. The van der Waals surface area contributed by atoms with Crippen LogP contribution in [0.4, 0.5) is 0 Å². The summed E-state index contributed by atoms with van der Waals surface area (Å²) in [6, 6.07) is 9.19. The maximum Gasteiger partial charge on any atom is 0.0342 e. The molecule has 0 radical (unpaired) electrons. The van der Waals surface area contributed by atoms with Gasteiger partial charge in [-0.1, -0.05) is 24.3 Å². The van der Waals surface area contributed by atoms with Crippen molar-refractivity contribution in [2.75, 3.05) is 33.2 Å². The summed E-state index contributed by atoms with van der Waals surface area (Å²) in [4.78, 5) is 2.43. The first-order chi connectivity index (χ1) is 8.27. The second-order valence-electron chi connectivity index (χ2n) is 4.90. The van der Waals surface area contributed by atoms with Crippen molar-refractivity contribution in [3.8, 4) is 0 Å². The highest BCUT2D eigenvalue weighted by molar-refractivity contribution is 5.25. The zero-order valence-corrected chi connectivity index (χ0v) is 10.9. The lowest BCUT2D eigenvalue weighted by atomic mass is 10.1. The average molecular weight is 233 g/mol. The molecular formula is C14H23N3. The Morgan fingerprint density at radius 3 is 3.00 bits per heavy atom. The van der Waals surface area contributed by atoms with Crippen molar-refractivity contribution in [3.63, 3.8) is 0 Å². The first-order valence-corrected chi connectivity index (χ1v) is 6.43. The topological polar surface area (TPSA) is 27.3 Å². The lowest BCUT2D eigenvalue weighted by molar-refractivity contribution is 0.195. The smallest absolute Gasteiger partial charge is 0.0342 e. The molecule has 0 bridgehead atoms. The second-order valence-corrected chi connectivity index (χ2v) is 4.90. The van der Waals surface area contributed by atoms with Crippen LogP contribution in [0, 0.1) is 6.92 Å². The number of nitrogens with zero attached hydrogens (tertiary/aromatic N) is 1. The molecule has 17 heavy (non-hydrogen) atoms. The van der Waals surface area contributed by atoms with E-state index in [-0.39, 0.29) is 0 Å². The number of benzene rings is 1.